The monoisotopic (exact) mass is 386 g/mol. The molecule has 0 saturated carbocycles. The van der Waals surface area contributed by atoms with Crippen molar-refractivity contribution in [3.63, 3.8) is 0 Å². The topological polar surface area (TPSA) is 63.6 Å². The van der Waals surface area contributed by atoms with Gasteiger partial charge in [0, 0.05) is 44.5 Å². The van der Waals surface area contributed by atoms with E-state index in [0.29, 0.717) is 18.0 Å². The van der Waals surface area contributed by atoms with Crippen LogP contribution >= 0.6 is 0 Å². The third-order valence-electron chi connectivity index (χ3n) is 5.07. The minimum Gasteiger partial charge on any atom is -0.497 e. The van der Waals surface area contributed by atoms with E-state index in [1.165, 1.54) is 5.69 Å². The van der Waals surface area contributed by atoms with E-state index in [1.54, 1.807) is 13.2 Å². The van der Waals surface area contributed by atoms with Gasteiger partial charge in [0.2, 0.25) is 6.79 Å². The Morgan fingerprint density at radius 2 is 1.68 bits per heavy atom. The maximum atomic E-state index is 10.3. The summed E-state index contributed by atoms with van der Waals surface area (Å²) in [6.07, 6.45) is -0.544. The number of aliphatic hydroxyl groups is 1. The number of hydrogen-bond donors (Lipinski definition) is 1. The molecule has 7 heteroatoms. The minimum absolute atomic E-state index is 0.240. The van der Waals surface area contributed by atoms with Crippen LogP contribution in [0.25, 0.3) is 0 Å². The van der Waals surface area contributed by atoms with Crippen LogP contribution in [-0.2, 0) is 0 Å². The van der Waals surface area contributed by atoms with Crippen LogP contribution in [0.1, 0.15) is 0 Å². The Hall–Kier alpha value is -2.64. The second-order valence-electron chi connectivity index (χ2n) is 6.97. The summed E-state index contributed by atoms with van der Waals surface area (Å²) < 4.78 is 21.6. The molecule has 1 fully saturated rings. The first kappa shape index (κ1) is 18.7. The second kappa shape index (κ2) is 8.58. The molecule has 0 radical (unpaired) electrons. The number of nitrogens with zero attached hydrogens (tertiary/aromatic N) is 2. The van der Waals surface area contributed by atoms with Gasteiger partial charge < -0.3 is 29.0 Å². The largest absolute Gasteiger partial charge is 0.497 e. The lowest BCUT2D eigenvalue weighted by Crippen LogP contribution is -2.49. The summed E-state index contributed by atoms with van der Waals surface area (Å²) in [5.74, 6) is 2.95. The Bertz CT molecular complexity index is 775. The molecule has 150 valence electrons. The van der Waals surface area contributed by atoms with E-state index in [-0.39, 0.29) is 13.4 Å². The lowest BCUT2D eigenvalue weighted by Gasteiger charge is -2.36. The van der Waals surface area contributed by atoms with Crippen molar-refractivity contribution in [2.75, 3.05) is 58.1 Å². The van der Waals surface area contributed by atoms with Crippen molar-refractivity contribution in [3.8, 4) is 23.0 Å². The lowest BCUT2D eigenvalue weighted by molar-refractivity contribution is 0.0662. The number of ether oxygens (including phenoxy) is 4. The first-order valence-corrected chi connectivity index (χ1v) is 9.53. The third kappa shape index (κ3) is 4.43. The fourth-order valence-electron chi connectivity index (χ4n) is 3.49. The Kier molecular flexibility index (Phi) is 5.73. The zero-order valence-electron chi connectivity index (χ0n) is 16.0. The highest BCUT2D eigenvalue weighted by molar-refractivity contribution is 5.49. The van der Waals surface area contributed by atoms with Crippen molar-refractivity contribution in [1.82, 2.24) is 4.90 Å². The number of anilines is 1. The van der Waals surface area contributed by atoms with E-state index in [0.717, 1.165) is 37.7 Å². The summed E-state index contributed by atoms with van der Waals surface area (Å²) in [5.41, 5.74) is 1.20. The standard InChI is InChI=1S/C21H26N2O5/c1-25-18-4-2-16(3-5-18)23-10-8-22(9-11-23)13-17(24)14-26-19-6-7-20-21(12-19)28-15-27-20/h2-7,12,17,24H,8-11,13-15H2,1H3/t17-/m0/s1. The van der Waals surface area contributed by atoms with E-state index >= 15 is 0 Å². The van der Waals surface area contributed by atoms with E-state index in [4.69, 9.17) is 18.9 Å². The summed E-state index contributed by atoms with van der Waals surface area (Å²) in [6, 6.07) is 13.6. The Morgan fingerprint density at radius 3 is 2.43 bits per heavy atom. The molecule has 2 aromatic rings. The van der Waals surface area contributed by atoms with Crippen LogP contribution in [0.2, 0.25) is 0 Å². The molecular formula is C21H26N2O5. The van der Waals surface area contributed by atoms with E-state index in [2.05, 4.69) is 21.9 Å². The molecule has 2 aromatic carbocycles. The Balaban J connectivity index is 1.21. The van der Waals surface area contributed by atoms with Crippen LogP contribution in [0.5, 0.6) is 23.0 Å². The van der Waals surface area contributed by atoms with Gasteiger partial charge in [-0.3, -0.25) is 4.90 Å². The molecule has 0 spiro atoms. The molecule has 2 heterocycles. The third-order valence-corrected chi connectivity index (χ3v) is 5.07. The van der Waals surface area contributed by atoms with E-state index < -0.39 is 6.10 Å². The molecule has 2 aliphatic rings. The zero-order chi connectivity index (χ0) is 19.3. The first-order chi connectivity index (χ1) is 13.7. The van der Waals surface area contributed by atoms with Crippen LogP contribution in [-0.4, -0.2) is 69.3 Å². The molecule has 0 aliphatic carbocycles. The fraction of sp³-hybridized carbons (Fsp3) is 0.429. The van der Waals surface area contributed by atoms with Crippen molar-refractivity contribution in [2.24, 2.45) is 0 Å². The number of hydrogen-bond acceptors (Lipinski definition) is 7. The van der Waals surface area contributed by atoms with Crippen molar-refractivity contribution in [1.29, 1.82) is 0 Å². The quantitative estimate of drug-likeness (QED) is 0.781. The zero-order valence-corrected chi connectivity index (χ0v) is 16.0. The van der Waals surface area contributed by atoms with Crippen LogP contribution in [0, 0.1) is 0 Å². The Labute approximate surface area is 165 Å². The van der Waals surface area contributed by atoms with Gasteiger partial charge in [-0.2, -0.15) is 0 Å². The second-order valence-corrected chi connectivity index (χ2v) is 6.97. The molecule has 7 nitrogen and oxygen atoms in total. The van der Waals surface area contributed by atoms with Gasteiger partial charge in [0.05, 0.1) is 7.11 Å². The normalized spacial score (nSPS) is 17.4. The SMILES string of the molecule is COc1ccc(N2CCN(C[C@H](O)COc3ccc4c(c3)OCO4)CC2)cc1. The van der Waals surface area contributed by atoms with Crippen LogP contribution in [0.4, 0.5) is 5.69 Å². The average Bonchev–Trinajstić information content (AvgIpc) is 3.21. The van der Waals surface area contributed by atoms with Crippen LogP contribution < -0.4 is 23.8 Å². The molecular weight excluding hydrogens is 360 g/mol. The van der Waals surface area contributed by atoms with Crippen LogP contribution in [0.15, 0.2) is 42.5 Å². The smallest absolute Gasteiger partial charge is 0.231 e. The number of aliphatic hydroxyl groups excluding tert-OH is 1. The molecule has 1 atom stereocenters. The first-order valence-electron chi connectivity index (χ1n) is 9.53. The summed E-state index contributed by atoms with van der Waals surface area (Å²) in [7, 11) is 1.68. The number of methoxy groups -OCH3 is 1. The van der Waals surface area contributed by atoms with Gasteiger partial charge in [0.15, 0.2) is 11.5 Å². The molecule has 4 rings (SSSR count). The van der Waals surface area contributed by atoms with Gasteiger partial charge in [-0.05, 0) is 36.4 Å². The average molecular weight is 386 g/mol. The number of β-amino-alcohol motifs (C(OH)–C–C–N with tert-alkyl or cyclic N) is 1. The fourth-order valence-corrected chi connectivity index (χ4v) is 3.49. The molecule has 1 N–H and O–H groups in total. The maximum absolute atomic E-state index is 10.3. The highest BCUT2D eigenvalue weighted by atomic mass is 16.7. The van der Waals surface area contributed by atoms with E-state index in [1.807, 2.05) is 24.3 Å². The summed E-state index contributed by atoms with van der Waals surface area (Å²) in [5, 5.41) is 10.3. The van der Waals surface area contributed by atoms with Crippen molar-refractivity contribution < 1.29 is 24.1 Å². The molecule has 0 amide bonds. The van der Waals surface area contributed by atoms with Crippen molar-refractivity contribution >= 4 is 5.69 Å². The molecule has 1 saturated heterocycles. The lowest BCUT2D eigenvalue weighted by atomic mass is 10.2. The number of fused-ring (bicyclic) bond motifs is 1. The number of rotatable bonds is 7. The Morgan fingerprint density at radius 1 is 0.964 bits per heavy atom. The van der Waals surface area contributed by atoms with E-state index in [9.17, 15) is 5.11 Å². The van der Waals surface area contributed by atoms with Crippen LogP contribution in [0.3, 0.4) is 0 Å². The van der Waals surface area contributed by atoms with Gasteiger partial charge in [0.25, 0.3) is 0 Å². The molecule has 28 heavy (non-hydrogen) atoms. The molecule has 2 aliphatic heterocycles. The van der Waals surface area contributed by atoms with Gasteiger partial charge in [0.1, 0.15) is 24.2 Å². The highest BCUT2D eigenvalue weighted by Crippen LogP contribution is 2.35. The summed E-state index contributed by atoms with van der Waals surface area (Å²) >= 11 is 0. The van der Waals surface area contributed by atoms with Crippen molar-refractivity contribution in [2.45, 2.75) is 6.10 Å². The highest BCUT2D eigenvalue weighted by Gasteiger charge is 2.20. The predicted molar refractivity (Wildman–Crippen MR) is 106 cm³/mol. The van der Waals surface area contributed by atoms with Gasteiger partial charge >= 0.3 is 0 Å². The van der Waals surface area contributed by atoms with Gasteiger partial charge in [-0.15, -0.1) is 0 Å². The summed E-state index contributed by atoms with van der Waals surface area (Å²) in [4.78, 5) is 4.62. The maximum Gasteiger partial charge on any atom is 0.231 e. The minimum atomic E-state index is -0.544. The molecule has 0 aromatic heterocycles. The van der Waals surface area contributed by atoms with Crippen molar-refractivity contribution in [3.05, 3.63) is 42.5 Å². The number of benzene rings is 2. The summed E-state index contributed by atoms with van der Waals surface area (Å²) in [6.45, 7) is 4.77. The molecule has 0 bridgehead atoms. The van der Waals surface area contributed by atoms with Gasteiger partial charge in [-0.25, -0.2) is 0 Å². The predicted octanol–water partition coefficient (Wildman–Crippen LogP) is 1.99. The molecule has 0 unspecified atom stereocenters. The number of piperazine rings is 1. The van der Waals surface area contributed by atoms with Gasteiger partial charge in [-0.1, -0.05) is 0 Å².